The second-order valence-electron chi connectivity index (χ2n) is 3.61. The van der Waals surface area contributed by atoms with E-state index in [2.05, 4.69) is 4.74 Å². The number of ketones is 1. The average molecular weight is 303 g/mol. The summed E-state index contributed by atoms with van der Waals surface area (Å²) in [6, 6.07) is 2.18. The molecule has 1 rings (SSSR count). The van der Waals surface area contributed by atoms with Crippen molar-refractivity contribution >= 4 is 17.4 Å². The molecular weight excluding hydrogens is 295 g/mol. The molecule has 0 spiro atoms. The van der Waals surface area contributed by atoms with E-state index in [9.17, 15) is 26.7 Å². The minimum atomic E-state index is -4.96. The van der Waals surface area contributed by atoms with Gasteiger partial charge in [0.05, 0.1) is 0 Å². The minimum absolute atomic E-state index is 0.397. The Bertz CT molecular complexity index is 473. The number of carbonyl (C=O) groups excluding carboxylic acids is 1. The summed E-state index contributed by atoms with van der Waals surface area (Å²) in [5, 5.41) is -1.46. The Morgan fingerprint density at radius 2 is 1.84 bits per heavy atom. The fourth-order valence-electron chi connectivity index (χ4n) is 1.39. The van der Waals surface area contributed by atoms with Crippen molar-refractivity contribution in [3.05, 3.63) is 29.3 Å². The number of benzene rings is 1. The first-order valence-electron chi connectivity index (χ1n) is 4.94. The average Bonchev–Trinajstić information content (AvgIpc) is 2.25. The molecule has 0 bridgehead atoms. The number of ether oxygens (including phenoxy) is 1. The number of halogens is 6. The second-order valence-corrected chi connectivity index (χ2v) is 4.05. The predicted molar refractivity (Wildman–Crippen MR) is 57.4 cm³/mol. The zero-order valence-corrected chi connectivity index (χ0v) is 10.2. The molecule has 0 aliphatic carbocycles. The molecule has 8 heteroatoms. The largest absolute Gasteiger partial charge is 0.573 e. The lowest BCUT2D eigenvalue weighted by Gasteiger charge is -2.15. The van der Waals surface area contributed by atoms with Gasteiger partial charge >= 0.3 is 6.36 Å². The third kappa shape index (κ3) is 4.34. The van der Waals surface area contributed by atoms with Crippen LogP contribution >= 0.6 is 11.6 Å². The van der Waals surface area contributed by atoms with Crippen molar-refractivity contribution in [3.8, 4) is 5.75 Å². The lowest BCUT2D eigenvalue weighted by atomic mass is 10.0. The van der Waals surface area contributed by atoms with Crippen LogP contribution in [-0.2, 0) is 4.79 Å². The second kappa shape index (κ2) is 5.73. The van der Waals surface area contributed by atoms with E-state index in [1.165, 1.54) is 0 Å². The Balaban J connectivity index is 3.22. The van der Waals surface area contributed by atoms with E-state index in [1.807, 2.05) is 0 Å². The normalized spacial score (nSPS) is 13.5. The quantitative estimate of drug-likeness (QED) is 0.609. The van der Waals surface area contributed by atoms with Gasteiger partial charge in [0.25, 0.3) is 6.43 Å². The van der Waals surface area contributed by atoms with Crippen LogP contribution in [0.2, 0.25) is 0 Å². The zero-order chi connectivity index (χ0) is 14.8. The Kier molecular flexibility index (Phi) is 4.73. The minimum Gasteiger partial charge on any atom is -0.406 e. The van der Waals surface area contributed by atoms with Gasteiger partial charge < -0.3 is 4.74 Å². The lowest BCUT2D eigenvalue weighted by Crippen LogP contribution is -2.17. The fourth-order valence-corrected chi connectivity index (χ4v) is 1.58. The molecule has 0 saturated carbocycles. The molecule has 2 nitrogen and oxygen atoms in total. The topological polar surface area (TPSA) is 26.3 Å². The number of carbonyl (C=O) groups is 1. The van der Waals surface area contributed by atoms with Crippen LogP contribution in [0.1, 0.15) is 29.9 Å². The maximum Gasteiger partial charge on any atom is 0.573 e. The molecule has 0 fully saturated rings. The van der Waals surface area contributed by atoms with Crippen molar-refractivity contribution in [2.45, 2.75) is 25.1 Å². The summed E-state index contributed by atoms with van der Waals surface area (Å²) in [6.07, 6.45) is -7.92. The third-order valence-electron chi connectivity index (χ3n) is 2.16. The highest BCUT2D eigenvalue weighted by Crippen LogP contribution is 2.35. The maximum absolute atomic E-state index is 12.7. The summed E-state index contributed by atoms with van der Waals surface area (Å²) >= 11 is 5.61. The molecule has 0 radical (unpaired) electrons. The lowest BCUT2D eigenvalue weighted by molar-refractivity contribution is -0.274. The first-order chi connectivity index (χ1) is 8.61. The summed E-state index contributed by atoms with van der Waals surface area (Å²) < 4.78 is 65.0. The molecule has 1 atom stereocenters. The molecule has 0 aliphatic heterocycles. The van der Waals surface area contributed by atoms with Crippen LogP contribution in [0.4, 0.5) is 22.0 Å². The van der Waals surface area contributed by atoms with Crippen molar-refractivity contribution in [2.75, 3.05) is 0 Å². The highest BCUT2D eigenvalue weighted by Gasteiger charge is 2.32. The van der Waals surface area contributed by atoms with Crippen LogP contribution in [0.25, 0.3) is 0 Å². The van der Waals surface area contributed by atoms with Crippen LogP contribution in [0, 0.1) is 0 Å². The van der Waals surface area contributed by atoms with Crippen molar-refractivity contribution in [1.82, 2.24) is 0 Å². The van der Waals surface area contributed by atoms with Crippen LogP contribution < -0.4 is 4.74 Å². The number of hydrogen-bond donors (Lipinski definition) is 0. The Morgan fingerprint density at radius 3 is 2.26 bits per heavy atom. The Labute approximate surface area is 110 Å². The summed E-state index contributed by atoms with van der Waals surface area (Å²) in [5.74, 6) is -1.37. The van der Waals surface area contributed by atoms with E-state index in [0.717, 1.165) is 19.1 Å². The van der Waals surface area contributed by atoms with E-state index >= 15 is 0 Å². The summed E-state index contributed by atoms with van der Waals surface area (Å²) in [6.45, 7) is 1.05. The van der Waals surface area contributed by atoms with Crippen molar-refractivity contribution in [1.29, 1.82) is 0 Å². The fraction of sp³-hybridized carbons (Fsp3) is 0.364. The highest BCUT2D eigenvalue weighted by atomic mass is 35.5. The molecule has 0 aliphatic rings. The van der Waals surface area contributed by atoms with Crippen LogP contribution in [0.15, 0.2) is 18.2 Å². The first kappa shape index (κ1) is 15.7. The smallest absolute Gasteiger partial charge is 0.406 e. The molecule has 0 heterocycles. The van der Waals surface area contributed by atoms with Gasteiger partial charge in [0.2, 0.25) is 0 Å². The Hall–Kier alpha value is -1.37. The van der Waals surface area contributed by atoms with Gasteiger partial charge in [0, 0.05) is 5.56 Å². The van der Waals surface area contributed by atoms with Crippen LogP contribution in [0.5, 0.6) is 5.75 Å². The van der Waals surface area contributed by atoms with Gasteiger partial charge in [-0.15, -0.1) is 24.8 Å². The summed E-state index contributed by atoms with van der Waals surface area (Å²) in [7, 11) is 0. The van der Waals surface area contributed by atoms with Crippen molar-refractivity contribution in [3.63, 3.8) is 0 Å². The molecule has 1 aromatic rings. The number of hydrogen-bond acceptors (Lipinski definition) is 2. The van der Waals surface area contributed by atoms with Gasteiger partial charge in [-0.2, -0.15) is 0 Å². The van der Waals surface area contributed by atoms with E-state index in [-0.39, 0.29) is 0 Å². The molecule has 0 amide bonds. The van der Waals surface area contributed by atoms with Crippen molar-refractivity contribution < 1.29 is 31.5 Å². The van der Waals surface area contributed by atoms with Gasteiger partial charge in [-0.05, 0) is 30.7 Å². The predicted octanol–water partition coefficient (Wildman–Crippen LogP) is 4.39. The first-order valence-corrected chi connectivity index (χ1v) is 5.37. The Morgan fingerprint density at radius 1 is 1.26 bits per heavy atom. The maximum atomic E-state index is 12.7. The van der Waals surface area contributed by atoms with Gasteiger partial charge in [-0.1, -0.05) is 0 Å². The molecule has 0 N–H and O–H groups in total. The van der Waals surface area contributed by atoms with E-state index < -0.39 is 40.8 Å². The molecule has 1 unspecified atom stereocenters. The van der Waals surface area contributed by atoms with Crippen LogP contribution in [-0.4, -0.2) is 12.1 Å². The zero-order valence-electron chi connectivity index (χ0n) is 9.47. The molecular formula is C11H8ClF5O2. The molecule has 0 aromatic heterocycles. The van der Waals surface area contributed by atoms with Crippen LogP contribution in [0.3, 0.4) is 0 Å². The van der Waals surface area contributed by atoms with Gasteiger partial charge in [0.15, 0.2) is 5.78 Å². The monoisotopic (exact) mass is 302 g/mol. The van der Waals surface area contributed by atoms with Gasteiger partial charge in [-0.25, -0.2) is 8.78 Å². The molecule has 106 valence electrons. The molecule has 19 heavy (non-hydrogen) atoms. The SMILES string of the molecule is CC(=O)C(Cl)c1cc(OC(F)(F)F)ccc1C(F)F. The van der Waals surface area contributed by atoms with E-state index in [0.29, 0.717) is 6.07 Å². The standard InChI is InChI=1S/C11H8ClF5O2/c1-5(18)9(12)8-4-6(19-11(15,16)17)2-3-7(8)10(13)14/h2-4,9-10H,1H3. The third-order valence-corrected chi connectivity index (χ3v) is 2.70. The molecule has 1 aromatic carbocycles. The van der Waals surface area contributed by atoms with E-state index in [4.69, 9.17) is 11.6 Å². The summed E-state index contributed by atoms with van der Waals surface area (Å²) in [5.41, 5.74) is -1.00. The summed E-state index contributed by atoms with van der Waals surface area (Å²) in [4.78, 5) is 11.1. The number of rotatable bonds is 4. The molecule has 0 saturated heterocycles. The van der Waals surface area contributed by atoms with Gasteiger partial charge in [-0.3, -0.25) is 4.79 Å². The number of alkyl halides is 6. The number of Topliss-reactive ketones (excluding diaryl/α,β-unsaturated/α-hetero) is 1. The highest BCUT2D eigenvalue weighted by molar-refractivity contribution is 6.30. The van der Waals surface area contributed by atoms with Gasteiger partial charge in [0.1, 0.15) is 11.1 Å². The van der Waals surface area contributed by atoms with Crippen molar-refractivity contribution in [2.24, 2.45) is 0 Å². The van der Waals surface area contributed by atoms with E-state index in [1.54, 1.807) is 0 Å².